The smallest absolute Gasteiger partial charge is 0.241 e. The van der Waals surface area contributed by atoms with E-state index in [9.17, 15) is 4.79 Å². The minimum Gasteiger partial charge on any atom is -0.348 e. The van der Waals surface area contributed by atoms with Crippen molar-refractivity contribution in [2.45, 2.75) is 26.4 Å². The quantitative estimate of drug-likeness (QED) is 0.937. The molecule has 1 fully saturated rings. The molecule has 1 atom stereocenters. The minimum atomic E-state index is 0.142. The van der Waals surface area contributed by atoms with Crippen LogP contribution in [-0.4, -0.2) is 39.9 Å². The Hall–Kier alpha value is -2.14. The van der Waals surface area contributed by atoms with Crippen LogP contribution in [0.25, 0.3) is 0 Å². The van der Waals surface area contributed by atoms with Crippen molar-refractivity contribution in [2.75, 3.05) is 18.0 Å². The van der Waals surface area contributed by atoms with E-state index >= 15 is 0 Å². The molecular formula is C16H20N4O. The zero-order valence-electron chi connectivity index (χ0n) is 12.4. The number of aromatic nitrogens is 2. The van der Waals surface area contributed by atoms with E-state index in [2.05, 4.69) is 28.7 Å². The van der Waals surface area contributed by atoms with Gasteiger partial charge in [-0.15, -0.1) is 0 Å². The lowest BCUT2D eigenvalue weighted by atomic mass is 10.1. The molecule has 0 unspecified atom stereocenters. The van der Waals surface area contributed by atoms with Crippen LogP contribution in [0.4, 0.5) is 5.69 Å². The summed E-state index contributed by atoms with van der Waals surface area (Å²) in [7, 11) is 0. The molecule has 2 heterocycles. The average Bonchev–Trinajstić information content (AvgIpc) is 2.97. The summed E-state index contributed by atoms with van der Waals surface area (Å²) in [5, 5.41) is 0. The third-order valence-electron chi connectivity index (χ3n) is 3.96. The molecule has 0 radical (unpaired) electrons. The SMILES string of the molecule is Cc1ccc(N2C[C@H](C)N(Cc3ncc[nH]3)CC2=O)cc1. The van der Waals surface area contributed by atoms with Crippen LogP contribution >= 0.6 is 0 Å². The normalized spacial score (nSPS) is 20.0. The van der Waals surface area contributed by atoms with Crippen molar-refractivity contribution in [2.24, 2.45) is 0 Å². The van der Waals surface area contributed by atoms with Crippen molar-refractivity contribution in [3.63, 3.8) is 0 Å². The molecule has 110 valence electrons. The number of rotatable bonds is 3. The summed E-state index contributed by atoms with van der Waals surface area (Å²) < 4.78 is 0. The molecule has 1 aliphatic rings. The standard InChI is InChI=1S/C16H20N4O/c1-12-3-5-14(6-4-12)20-9-13(2)19(11-16(20)21)10-15-17-7-8-18-15/h3-8,13H,9-11H2,1-2H3,(H,17,18)/t13-/m0/s1. The van der Waals surface area contributed by atoms with Crippen LogP contribution in [0.1, 0.15) is 18.3 Å². The first kappa shape index (κ1) is 13.8. The van der Waals surface area contributed by atoms with Crippen LogP contribution in [0, 0.1) is 6.92 Å². The van der Waals surface area contributed by atoms with E-state index in [-0.39, 0.29) is 5.91 Å². The Kier molecular flexibility index (Phi) is 3.75. The lowest BCUT2D eigenvalue weighted by molar-refractivity contribution is -0.122. The largest absolute Gasteiger partial charge is 0.348 e. The maximum atomic E-state index is 12.4. The van der Waals surface area contributed by atoms with E-state index in [0.29, 0.717) is 25.7 Å². The molecule has 1 N–H and O–H groups in total. The van der Waals surface area contributed by atoms with E-state index in [1.807, 2.05) is 35.4 Å². The maximum Gasteiger partial charge on any atom is 0.241 e. The molecule has 1 aliphatic heterocycles. The molecule has 1 amide bonds. The highest BCUT2D eigenvalue weighted by molar-refractivity contribution is 5.95. The summed E-state index contributed by atoms with van der Waals surface area (Å²) in [6.45, 7) is 6.02. The summed E-state index contributed by atoms with van der Waals surface area (Å²) >= 11 is 0. The average molecular weight is 284 g/mol. The first-order valence-electron chi connectivity index (χ1n) is 7.23. The fraction of sp³-hybridized carbons (Fsp3) is 0.375. The van der Waals surface area contributed by atoms with E-state index < -0.39 is 0 Å². The molecule has 21 heavy (non-hydrogen) atoms. The van der Waals surface area contributed by atoms with Crippen LogP contribution in [-0.2, 0) is 11.3 Å². The van der Waals surface area contributed by atoms with Gasteiger partial charge in [0.15, 0.2) is 0 Å². The number of aromatic amines is 1. The van der Waals surface area contributed by atoms with Crippen LogP contribution in [0.15, 0.2) is 36.7 Å². The van der Waals surface area contributed by atoms with Gasteiger partial charge in [-0.3, -0.25) is 9.69 Å². The number of hydrogen-bond donors (Lipinski definition) is 1. The highest BCUT2D eigenvalue weighted by atomic mass is 16.2. The number of piperazine rings is 1. The Balaban J connectivity index is 1.71. The Morgan fingerprint density at radius 3 is 2.76 bits per heavy atom. The monoisotopic (exact) mass is 284 g/mol. The molecule has 0 bridgehead atoms. The number of aryl methyl sites for hydroxylation is 1. The van der Waals surface area contributed by atoms with Crippen molar-refractivity contribution in [3.05, 3.63) is 48.0 Å². The van der Waals surface area contributed by atoms with Crippen LogP contribution in [0.5, 0.6) is 0 Å². The van der Waals surface area contributed by atoms with Gasteiger partial charge in [0, 0.05) is 30.7 Å². The molecule has 0 aliphatic carbocycles. The first-order chi connectivity index (χ1) is 10.1. The number of carbonyl (C=O) groups is 1. The Morgan fingerprint density at radius 1 is 1.33 bits per heavy atom. The van der Waals surface area contributed by atoms with Crippen molar-refractivity contribution in [3.8, 4) is 0 Å². The Morgan fingerprint density at radius 2 is 2.10 bits per heavy atom. The van der Waals surface area contributed by atoms with Gasteiger partial charge in [0.05, 0.1) is 13.1 Å². The summed E-state index contributed by atoms with van der Waals surface area (Å²) in [6.07, 6.45) is 3.55. The lowest BCUT2D eigenvalue weighted by Crippen LogP contribution is -2.55. The van der Waals surface area contributed by atoms with Gasteiger partial charge < -0.3 is 9.88 Å². The zero-order valence-corrected chi connectivity index (χ0v) is 12.4. The number of imidazole rings is 1. The zero-order chi connectivity index (χ0) is 14.8. The number of amides is 1. The number of nitrogens with one attached hydrogen (secondary N) is 1. The van der Waals surface area contributed by atoms with Crippen LogP contribution in [0.3, 0.4) is 0 Å². The number of carbonyl (C=O) groups excluding carboxylic acids is 1. The van der Waals surface area contributed by atoms with E-state index in [4.69, 9.17) is 0 Å². The molecule has 3 rings (SSSR count). The second-order valence-corrected chi connectivity index (χ2v) is 5.63. The molecule has 5 heteroatoms. The third kappa shape index (κ3) is 2.97. The molecule has 1 saturated heterocycles. The maximum absolute atomic E-state index is 12.4. The van der Waals surface area contributed by atoms with Crippen molar-refractivity contribution >= 4 is 11.6 Å². The van der Waals surface area contributed by atoms with E-state index in [1.165, 1.54) is 5.56 Å². The number of benzene rings is 1. The van der Waals surface area contributed by atoms with Crippen molar-refractivity contribution < 1.29 is 4.79 Å². The Bertz CT molecular complexity index is 606. The van der Waals surface area contributed by atoms with Gasteiger partial charge in [0.25, 0.3) is 0 Å². The van der Waals surface area contributed by atoms with E-state index in [0.717, 1.165) is 11.5 Å². The molecule has 5 nitrogen and oxygen atoms in total. The first-order valence-corrected chi connectivity index (χ1v) is 7.23. The van der Waals surface area contributed by atoms with Crippen LogP contribution in [0.2, 0.25) is 0 Å². The lowest BCUT2D eigenvalue weighted by Gasteiger charge is -2.39. The topological polar surface area (TPSA) is 52.2 Å². The summed E-state index contributed by atoms with van der Waals surface area (Å²) in [5.74, 6) is 1.04. The molecule has 0 spiro atoms. The van der Waals surface area contributed by atoms with Gasteiger partial charge in [-0.2, -0.15) is 0 Å². The molecule has 1 aromatic carbocycles. The molecular weight excluding hydrogens is 264 g/mol. The van der Waals surface area contributed by atoms with Crippen molar-refractivity contribution in [1.29, 1.82) is 0 Å². The van der Waals surface area contributed by atoms with E-state index in [1.54, 1.807) is 6.20 Å². The number of hydrogen-bond acceptors (Lipinski definition) is 3. The second kappa shape index (κ2) is 5.69. The summed E-state index contributed by atoms with van der Waals surface area (Å²) in [6, 6.07) is 8.42. The second-order valence-electron chi connectivity index (χ2n) is 5.63. The number of nitrogens with zero attached hydrogens (tertiary/aromatic N) is 3. The fourth-order valence-corrected chi connectivity index (χ4v) is 2.66. The highest BCUT2D eigenvalue weighted by Crippen LogP contribution is 2.21. The fourth-order valence-electron chi connectivity index (χ4n) is 2.66. The van der Waals surface area contributed by atoms with Gasteiger partial charge in [-0.25, -0.2) is 4.98 Å². The van der Waals surface area contributed by atoms with Crippen LogP contribution < -0.4 is 4.90 Å². The highest BCUT2D eigenvalue weighted by Gasteiger charge is 2.30. The van der Waals surface area contributed by atoms with Gasteiger partial charge in [-0.1, -0.05) is 17.7 Å². The molecule has 2 aromatic rings. The predicted octanol–water partition coefficient (Wildman–Crippen LogP) is 1.96. The Labute approximate surface area is 124 Å². The molecule has 1 aromatic heterocycles. The summed E-state index contributed by atoms with van der Waals surface area (Å²) in [4.78, 5) is 23.8. The minimum absolute atomic E-state index is 0.142. The molecule has 0 saturated carbocycles. The third-order valence-corrected chi connectivity index (χ3v) is 3.96. The van der Waals surface area contributed by atoms with Gasteiger partial charge in [0.1, 0.15) is 5.82 Å². The van der Waals surface area contributed by atoms with Gasteiger partial charge in [-0.05, 0) is 26.0 Å². The number of H-pyrrole nitrogens is 1. The van der Waals surface area contributed by atoms with Crippen molar-refractivity contribution in [1.82, 2.24) is 14.9 Å². The number of anilines is 1. The summed E-state index contributed by atoms with van der Waals surface area (Å²) in [5.41, 5.74) is 2.19. The van der Waals surface area contributed by atoms with Gasteiger partial charge in [0.2, 0.25) is 5.91 Å². The predicted molar refractivity (Wildman–Crippen MR) is 82.0 cm³/mol. The van der Waals surface area contributed by atoms with Gasteiger partial charge >= 0.3 is 0 Å².